The van der Waals surface area contributed by atoms with Gasteiger partial charge in [-0.3, -0.25) is 0 Å². The summed E-state index contributed by atoms with van der Waals surface area (Å²) in [5.41, 5.74) is 0.609. The number of nitrogens with zero attached hydrogens (tertiary/aromatic N) is 1. The summed E-state index contributed by atoms with van der Waals surface area (Å²) in [6.45, 7) is 11.1. The highest BCUT2D eigenvalue weighted by atomic mass is 15.2. The smallest absolute Gasteiger partial charge is 0.00503 e. The first-order chi connectivity index (χ1) is 8.78. The molecule has 2 heteroatoms. The molecule has 1 saturated carbocycles. The van der Waals surface area contributed by atoms with Crippen molar-refractivity contribution in [3.05, 3.63) is 0 Å². The summed E-state index contributed by atoms with van der Waals surface area (Å²) in [4.78, 5) is 2.76. The molecule has 1 aliphatic carbocycles. The Kier molecular flexibility index (Phi) is 5.50. The Hall–Kier alpha value is -0.0800. The summed E-state index contributed by atoms with van der Waals surface area (Å²) in [7, 11) is 0. The lowest BCUT2D eigenvalue weighted by molar-refractivity contribution is 0.168. The Morgan fingerprint density at radius 1 is 1.22 bits per heavy atom. The van der Waals surface area contributed by atoms with Crippen LogP contribution in [0.15, 0.2) is 0 Å². The Balaban J connectivity index is 1.82. The number of hydrogen-bond acceptors (Lipinski definition) is 2. The Bertz CT molecular complexity index is 233. The van der Waals surface area contributed by atoms with Gasteiger partial charge in [0.05, 0.1) is 0 Å². The van der Waals surface area contributed by atoms with Gasteiger partial charge < -0.3 is 10.2 Å². The molecule has 0 aromatic rings. The van der Waals surface area contributed by atoms with Crippen LogP contribution >= 0.6 is 0 Å². The lowest BCUT2D eigenvalue weighted by Gasteiger charge is -2.34. The van der Waals surface area contributed by atoms with Gasteiger partial charge in [0.25, 0.3) is 0 Å². The molecule has 1 atom stereocenters. The van der Waals surface area contributed by atoms with E-state index in [0.29, 0.717) is 5.41 Å². The van der Waals surface area contributed by atoms with Crippen LogP contribution in [0.5, 0.6) is 0 Å². The van der Waals surface area contributed by atoms with Gasteiger partial charge in [0, 0.05) is 19.6 Å². The number of rotatable bonds is 7. The van der Waals surface area contributed by atoms with Crippen LogP contribution in [-0.2, 0) is 0 Å². The fourth-order valence-corrected chi connectivity index (χ4v) is 3.91. The maximum Gasteiger partial charge on any atom is 0.00503 e. The van der Waals surface area contributed by atoms with E-state index < -0.39 is 0 Å². The van der Waals surface area contributed by atoms with Gasteiger partial charge in [-0.05, 0) is 50.1 Å². The summed E-state index contributed by atoms with van der Waals surface area (Å²) >= 11 is 0. The van der Waals surface area contributed by atoms with Gasteiger partial charge in [-0.2, -0.15) is 0 Å². The van der Waals surface area contributed by atoms with Crippen molar-refractivity contribution in [3.63, 3.8) is 0 Å². The van der Waals surface area contributed by atoms with E-state index in [1.807, 2.05) is 0 Å². The van der Waals surface area contributed by atoms with Gasteiger partial charge in [0.2, 0.25) is 0 Å². The summed E-state index contributed by atoms with van der Waals surface area (Å²) < 4.78 is 0. The zero-order valence-corrected chi connectivity index (χ0v) is 12.5. The Labute approximate surface area is 114 Å². The van der Waals surface area contributed by atoms with Crippen LogP contribution < -0.4 is 5.32 Å². The largest absolute Gasteiger partial charge is 0.316 e. The Morgan fingerprint density at radius 3 is 2.61 bits per heavy atom. The molecule has 1 saturated heterocycles. The molecule has 1 aliphatic heterocycles. The van der Waals surface area contributed by atoms with Gasteiger partial charge in [-0.1, -0.05) is 33.1 Å². The van der Waals surface area contributed by atoms with Gasteiger partial charge in [0.1, 0.15) is 0 Å². The molecule has 0 bridgehead atoms. The molecule has 18 heavy (non-hydrogen) atoms. The molecule has 1 N–H and O–H groups in total. The summed E-state index contributed by atoms with van der Waals surface area (Å²) in [6.07, 6.45) is 9.90. The third-order valence-electron chi connectivity index (χ3n) is 5.10. The lowest BCUT2D eigenvalue weighted by Crippen LogP contribution is -2.42. The first kappa shape index (κ1) is 14.3. The highest BCUT2D eigenvalue weighted by Gasteiger charge is 2.36. The molecule has 106 valence electrons. The van der Waals surface area contributed by atoms with Gasteiger partial charge in [-0.25, -0.2) is 0 Å². The summed E-state index contributed by atoms with van der Waals surface area (Å²) in [5.74, 6) is 0.979. The quantitative estimate of drug-likeness (QED) is 0.700. The number of nitrogens with one attached hydrogen (secondary N) is 1. The van der Waals surface area contributed by atoms with Crippen molar-refractivity contribution < 1.29 is 0 Å². The third-order valence-corrected chi connectivity index (χ3v) is 5.10. The first-order valence-electron chi connectivity index (χ1n) is 8.21. The third kappa shape index (κ3) is 3.71. The van der Waals surface area contributed by atoms with Crippen molar-refractivity contribution >= 4 is 0 Å². The molecule has 0 radical (unpaired) electrons. The van der Waals surface area contributed by atoms with Crippen LogP contribution in [0, 0.1) is 11.3 Å². The molecule has 0 spiro atoms. The van der Waals surface area contributed by atoms with Crippen LogP contribution in [0.3, 0.4) is 0 Å². The molecule has 2 rings (SSSR count). The minimum absolute atomic E-state index is 0.609. The van der Waals surface area contributed by atoms with Gasteiger partial charge in [-0.15, -0.1) is 0 Å². The SMILES string of the molecule is CCCNCC1(CN2CCC(CC)C2)CCCC1. The van der Waals surface area contributed by atoms with E-state index in [1.165, 1.54) is 77.7 Å². The second-order valence-electron chi connectivity index (χ2n) is 6.68. The van der Waals surface area contributed by atoms with Crippen LogP contribution in [0.2, 0.25) is 0 Å². The highest BCUT2D eigenvalue weighted by Crippen LogP contribution is 2.39. The van der Waals surface area contributed by atoms with Crippen LogP contribution in [-0.4, -0.2) is 37.6 Å². The highest BCUT2D eigenvalue weighted by molar-refractivity contribution is 4.91. The summed E-state index contributed by atoms with van der Waals surface area (Å²) in [6, 6.07) is 0. The number of hydrogen-bond donors (Lipinski definition) is 1. The molecular formula is C16H32N2. The molecule has 0 amide bonds. The van der Waals surface area contributed by atoms with Crippen LogP contribution in [0.4, 0.5) is 0 Å². The zero-order valence-electron chi connectivity index (χ0n) is 12.5. The molecule has 0 aromatic heterocycles. The second-order valence-corrected chi connectivity index (χ2v) is 6.68. The fourth-order valence-electron chi connectivity index (χ4n) is 3.91. The van der Waals surface area contributed by atoms with Crippen molar-refractivity contribution in [2.24, 2.45) is 11.3 Å². The average Bonchev–Trinajstić information content (AvgIpc) is 3.00. The molecule has 1 unspecified atom stereocenters. The molecule has 2 aliphatic rings. The van der Waals surface area contributed by atoms with E-state index in [9.17, 15) is 0 Å². The average molecular weight is 252 g/mol. The normalized spacial score (nSPS) is 28.0. The van der Waals surface area contributed by atoms with Crippen LogP contribution in [0.1, 0.15) is 58.8 Å². The second kappa shape index (κ2) is 6.91. The summed E-state index contributed by atoms with van der Waals surface area (Å²) in [5, 5.41) is 3.69. The maximum absolute atomic E-state index is 3.69. The van der Waals surface area contributed by atoms with Crippen molar-refractivity contribution in [3.8, 4) is 0 Å². The maximum atomic E-state index is 3.69. The Morgan fingerprint density at radius 2 is 2.00 bits per heavy atom. The fraction of sp³-hybridized carbons (Fsp3) is 1.00. The standard InChI is InChI=1S/C16H32N2/c1-3-10-17-13-16(8-5-6-9-16)14-18-11-7-15(4-2)12-18/h15,17H,3-14H2,1-2H3. The minimum Gasteiger partial charge on any atom is -0.316 e. The molecule has 2 nitrogen and oxygen atoms in total. The molecule has 1 heterocycles. The van der Waals surface area contributed by atoms with Crippen molar-refractivity contribution in [2.75, 3.05) is 32.7 Å². The van der Waals surface area contributed by atoms with E-state index in [2.05, 4.69) is 24.1 Å². The van der Waals surface area contributed by atoms with Crippen molar-refractivity contribution in [1.29, 1.82) is 0 Å². The lowest BCUT2D eigenvalue weighted by atomic mass is 9.85. The van der Waals surface area contributed by atoms with Crippen molar-refractivity contribution in [2.45, 2.75) is 58.8 Å². The van der Waals surface area contributed by atoms with E-state index in [-0.39, 0.29) is 0 Å². The minimum atomic E-state index is 0.609. The predicted molar refractivity (Wildman–Crippen MR) is 78.9 cm³/mol. The van der Waals surface area contributed by atoms with E-state index in [4.69, 9.17) is 0 Å². The zero-order chi connectivity index (χ0) is 12.8. The molecule has 2 fully saturated rings. The molecule has 0 aromatic carbocycles. The van der Waals surface area contributed by atoms with E-state index >= 15 is 0 Å². The monoisotopic (exact) mass is 252 g/mol. The van der Waals surface area contributed by atoms with Crippen molar-refractivity contribution in [1.82, 2.24) is 10.2 Å². The predicted octanol–water partition coefficient (Wildman–Crippen LogP) is 3.28. The molecular weight excluding hydrogens is 220 g/mol. The van der Waals surface area contributed by atoms with Gasteiger partial charge >= 0.3 is 0 Å². The number of likely N-dealkylation sites (tertiary alicyclic amines) is 1. The van der Waals surface area contributed by atoms with E-state index in [0.717, 1.165) is 5.92 Å². The van der Waals surface area contributed by atoms with Crippen LogP contribution in [0.25, 0.3) is 0 Å². The topological polar surface area (TPSA) is 15.3 Å². The van der Waals surface area contributed by atoms with Gasteiger partial charge in [0.15, 0.2) is 0 Å². The van der Waals surface area contributed by atoms with E-state index in [1.54, 1.807) is 0 Å². The first-order valence-corrected chi connectivity index (χ1v) is 8.21.